The maximum absolute atomic E-state index is 12.4. The van der Waals surface area contributed by atoms with Crippen molar-refractivity contribution in [1.29, 1.82) is 0 Å². The molecular formula is C17H19N3O5S. The highest BCUT2D eigenvalue weighted by molar-refractivity contribution is 7.89. The lowest BCUT2D eigenvalue weighted by atomic mass is 10.1. The molecule has 4 N–H and O–H groups in total. The van der Waals surface area contributed by atoms with Crippen molar-refractivity contribution >= 4 is 27.5 Å². The minimum Gasteiger partial charge on any atom is -0.495 e. The first-order chi connectivity index (χ1) is 12.3. The molecule has 2 rings (SSSR count). The monoisotopic (exact) mass is 377 g/mol. The van der Waals surface area contributed by atoms with Crippen LogP contribution in [0.15, 0.2) is 47.4 Å². The van der Waals surface area contributed by atoms with E-state index in [4.69, 9.17) is 10.5 Å². The van der Waals surface area contributed by atoms with E-state index < -0.39 is 21.8 Å². The Balaban J connectivity index is 2.30. The number of hydrogen-bond acceptors (Lipinski definition) is 5. The van der Waals surface area contributed by atoms with Crippen LogP contribution in [-0.2, 0) is 10.0 Å². The zero-order valence-electron chi connectivity index (χ0n) is 14.3. The zero-order valence-corrected chi connectivity index (χ0v) is 15.1. The number of sulfonamides is 1. The Morgan fingerprint density at radius 1 is 1.08 bits per heavy atom. The van der Waals surface area contributed by atoms with Crippen molar-refractivity contribution in [2.75, 3.05) is 19.0 Å². The summed E-state index contributed by atoms with van der Waals surface area (Å²) in [5, 5.41) is 2.63. The van der Waals surface area contributed by atoms with E-state index in [2.05, 4.69) is 10.0 Å². The van der Waals surface area contributed by atoms with Crippen molar-refractivity contribution in [2.24, 2.45) is 5.73 Å². The normalized spacial score (nSPS) is 11.0. The second-order valence-electron chi connectivity index (χ2n) is 5.26. The molecule has 0 bridgehead atoms. The molecule has 9 heteroatoms. The van der Waals surface area contributed by atoms with Crippen LogP contribution in [0.4, 0.5) is 5.69 Å². The molecular weight excluding hydrogens is 358 g/mol. The Morgan fingerprint density at radius 3 is 2.23 bits per heavy atom. The van der Waals surface area contributed by atoms with Crippen LogP contribution in [-0.4, -0.2) is 33.9 Å². The third kappa shape index (κ3) is 4.38. The Morgan fingerprint density at radius 2 is 1.69 bits per heavy atom. The summed E-state index contributed by atoms with van der Waals surface area (Å²) >= 11 is 0. The maximum atomic E-state index is 12.4. The average molecular weight is 377 g/mol. The highest BCUT2D eigenvalue weighted by Gasteiger charge is 2.21. The number of carbonyl (C=O) groups excluding carboxylic acids is 2. The highest BCUT2D eigenvalue weighted by Crippen LogP contribution is 2.25. The van der Waals surface area contributed by atoms with Gasteiger partial charge in [0.05, 0.1) is 7.11 Å². The largest absolute Gasteiger partial charge is 0.495 e. The molecule has 26 heavy (non-hydrogen) atoms. The minimum absolute atomic E-state index is 0.126. The van der Waals surface area contributed by atoms with E-state index >= 15 is 0 Å². The fourth-order valence-corrected chi connectivity index (χ4v) is 3.45. The van der Waals surface area contributed by atoms with Crippen molar-refractivity contribution < 1.29 is 22.7 Å². The molecule has 0 fully saturated rings. The average Bonchev–Trinajstić information content (AvgIpc) is 2.61. The number of methoxy groups -OCH3 is 1. The maximum Gasteiger partial charge on any atom is 0.255 e. The van der Waals surface area contributed by atoms with Gasteiger partial charge >= 0.3 is 0 Å². The van der Waals surface area contributed by atoms with Crippen LogP contribution in [0.5, 0.6) is 5.75 Å². The first kappa shape index (κ1) is 19.4. The summed E-state index contributed by atoms with van der Waals surface area (Å²) in [5.74, 6) is -0.947. The lowest BCUT2D eigenvalue weighted by Crippen LogP contribution is -2.24. The van der Waals surface area contributed by atoms with Gasteiger partial charge in [-0.3, -0.25) is 9.59 Å². The minimum atomic E-state index is -3.80. The number of nitrogens with two attached hydrogens (primary N) is 1. The number of benzene rings is 2. The Hall–Kier alpha value is -2.91. The predicted octanol–water partition coefficient (Wildman–Crippen LogP) is 1.34. The van der Waals surface area contributed by atoms with Gasteiger partial charge in [0.25, 0.3) is 5.91 Å². The van der Waals surface area contributed by atoms with Crippen molar-refractivity contribution in [1.82, 2.24) is 4.72 Å². The van der Waals surface area contributed by atoms with Crippen LogP contribution < -0.4 is 20.5 Å². The first-order valence-corrected chi connectivity index (χ1v) is 9.15. The molecule has 0 unspecified atom stereocenters. The number of hydrogen-bond donors (Lipinski definition) is 3. The van der Waals surface area contributed by atoms with Crippen molar-refractivity contribution in [2.45, 2.75) is 11.8 Å². The number of primary amides is 1. The number of anilines is 1. The molecule has 2 aromatic carbocycles. The topological polar surface area (TPSA) is 128 Å². The van der Waals surface area contributed by atoms with Crippen LogP contribution in [0.3, 0.4) is 0 Å². The third-order valence-electron chi connectivity index (χ3n) is 3.48. The molecule has 8 nitrogen and oxygen atoms in total. The molecule has 0 radical (unpaired) electrons. The van der Waals surface area contributed by atoms with E-state index in [1.54, 1.807) is 6.92 Å². The molecule has 0 spiro atoms. The van der Waals surface area contributed by atoms with Gasteiger partial charge in [0, 0.05) is 23.4 Å². The van der Waals surface area contributed by atoms with Gasteiger partial charge in [-0.1, -0.05) is 6.92 Å². The van der Waals surface area contributed by atoms with Crippen molar-refractivity contribution in [3.05, 3.63) is 53.6 Å². The summed E-state index contributed by atoms with van der Waals surface area (Å²) in [6.45, 7) is 1.85. The molecule has 0 aromatic heterocycles. The Kier molecular flexibility index (Phi) is 5.96. The van der Waals surface area contributed by atoms with Gasteiger partial charge in [-0.2, -0.15) is 0 Å². The van der Waals surface area contributed by atoms with Gasteiger partial charge in [-0.15, -0.1) is 0 Å². The number of amides is 2. The van der Waals surface area contributed by atoms with Gasteiger partial charge in [-0.25, -0.2) is 13.1 Å². The van der Waals surface area contributed by atoms with Crippen molar-refractivity contribution in [3.63, 3.8) is 0 Å². The van der Waals surface area contributed by atoms with E-state index in [0.717, 1.165) is 0 Å². The Bertz CT molecular complexity index is 924. The number of carbonyl (C=O) groups is 2. The highest BCUT2D eigenvalue weighted by atomic mass is 32.2. The lowest BCUT2D eigenvalue weighted by molar-refractivity contribution is 0.0998. The summed E-state index contributed by atoms with van der Waals surface area (Å²) in [4.78, 5) is 23.3. The molecule has 0 aliphatic heterocycles. The van der Waals surface area contributed by atoms with Gasteiger partial charge in [0.1, 0.15) is 10.6 Å². The summed E-state index contributed by atoms with van der Waals surface area (Å²) < 4.78 is 32.0. The molecule has 0 saturated carbocycles. The van der Waals surface area contributed by atoms with Crippen molar-refractivity contribution in [3.8, 4) is 5.75 Å². The van der Waals surface area contributed by atoms with Crippen LogP contribution in [0.1, 0.15) is 27.6 Å². The lowest BCUT2D eigenvalue weighted by Gasteiger charge is -2.12. The van der Waals surface area contributed by atoms with Gasteiger partial charge in [0.2, 0.25) is 15.9 Å². The number of nitrogens with one attached hydrogen (secondary N) is 2. The molecule has 138 valence electrons. The molecule has 0 heterocycles. The third-order valence-corrected chi connectivity index (χ3v) is 5.04. The predicted molar refractivity (Wildman–Crippen MR) is 96.8 cm³/mol. The standard InChI is InChI=1S/C17H19N3O5S/c1-3-19-26(23,24)15-10-12(6-9-14(15)25-2)17(22)20-13-7-4-11(5-8-13)16(18)21/h4-10,19H,3H2,1-2H3,(H2,18,21)(H,20,22). The van der Waals surface area contributed by atoms with Crippen LogP contribution in [0.25, 0.3) is 0 Å². The van der Waals surface area contributed by atoms with E-state index in [9.17, 15) is 18.0 Å². The molecule has 2 aromatic rings. The second-order valence-corrected chi connectivity index (χ2v) is 7.00. The van der Waals surface area contributed by atoms with Gasteiger partial charge in [-0.05, 0) is 42.5 Å². The second kappa shape index (κ2) is 7.98. The molecule has 0 atom stereocenters. The summed E-state index contributed by atoms with van der Waals surface area (Å²) in [7, 11) is -2.46. The number of rotatable bonds is 7. The summed E-state index contributed by atoms with van der Waals surface area (Å²) in [6, 6.07) is 10.1. The molecule has 0 aliphatic carbocycles. The Labute approximate surface area is 151 Å². The smallest absolute Gasteiger partial charge is 0.255 e. The van der Waals surface area contributed by atoms with E-state index in [1.807, 2.05) is 0 Å². The number of ether oxygens (including phenoxy) is 1. The van der Waals surface area contributed by atoms with Gasteiger partial charge < -0.3 is 15.8 Å². The molecule has 0 saturated heterocycles. The zero-order chi connectivity index (χ0) is 19.3. The van der Waals surface area contributed by atoms with E-state index in [0.29, 0.717) is 11.3 Å². The fraction of sp³-hybridized carbons (Fsp3) is 0.176. The fourth-order valence-electron chi connectivity index (χ4n) is 2.22. The van der Waals surface area contributed by atoms with E-state index in [1.165, 1.54) is 49.6 Å². The summed E-state index contributed by atoms with van der Waals surface area (Å²) in [6.07, 6.45) is 0. The first-order valence-electron chi connectivity index (χ1n) is 7.67. The summed E-state index contributed by atoms with van der Waals surface area (Å²) in [5.41, 5.74) is 6.05. The molecule has 2 amide bonds. The van der Waals surface area contributed by atoms with E-state index in [-0.39, 0.29) is 22.8 Å². The van der Waals surface area contributed by atoms with Crippen LogP contribution in [0.2, 0.25) is 0 Å². The van der Waals surface area contributed by atoms with Gasteiger partial charge in [0.15, 0.2) is 0 Å². The van der Waals surface area contributed by atoms with Crippen LogP contribution in [0, 0.1) is 0 Å². The quantitative estimate of drug-likeness (QED) is 0.671. The molecule has 0 aliphatic rings. The SMILES string of the molecule is CCNS(=O)(=O)c1cc(C(=O)Nc2ccc(C(N)=O)cc2)ccc1OC. The van der Waals surface area contributed by atoms with Crippen LogP contribution >= 0.6 is 0 Å².